The molecule has 1 fully saturated rings. The molecule has 172 valence electrons. The van der Waals surface area contributed by atoms with Crippen LogP contribution in [-0.4, -0.2) is 64.5 Å². The van der Waals surface area contributed by atoms with Gasteiger partial charge in [-0.05, 0) is 56.2 Å². The largest absolute Gasteiger partial charge is 0.360 e. The summed E-state index contributed by atoms with van der Waals surface area (Å²) in [7, 11) is 0. The lowest BCUT2D eigenvalue weighted by Gasteiger charge is -2.34. The van der Waals surface area contributed by atoms with Gasteiger partial charge in [-0.25, -0.2) is 4.98 Å². The number of carbonyl (C=O) groups excluding carboxylic acids is 2. The topological polar surface area (TPSA) is 91.6 Å². The van der Waals surface area contributed by atoms with Crippen LogP contribution < -0.4 is 5.32 Å². The highest BCUT2D eigenvalue weighted by Crippen LogP contribution is 2.30. The minimum atomic E-state index is -0.151. The standard InChI is InChI=1S/C24H27N5O3S/c1-16-6-7-19(13-17(16)2)33-23-20(5-4-8-25-23)24(31)29-11-9-28(10-12-29)15-22(30)26-21-14-18(3)32-27-21/h4-8,13-14H,9-12,15H2,1-3H3,(H,26,27,30). The predicted octanol–water partition coefficient (Wildman–Crippen LogP) is 3.54. The van der Waals surface area contributed by atoms with E-state index < -0.39 is 0 Å². The van der Waals surface area contributed by atoms with E-state index in [4.69, 9.17) is 4.52 Å². The molecule has 2 aromatic heterocycles. The summed E-state index contributed by atoms with van der Waals surface area (Å²) in [6, 6.07) is 11.6. The predicted molar refractivity (Wildman–Crippen MR) is 126 cm³/mol. The zero-order valence-electron chi connectivity index (χ0n) is 19.0. The van der Waals surface area contributed by atoms with Gasteiger partial charge in [0.15, 0.2) is 5.82 Å². The van der Waals surface area contributed by atoms with Crippen LogP contribution in [0.25, 0.3) is 0 Å². The first-order chi connectivity index (χ1) is 15.9. The van der Waals surface area contributed by atoms with Crippen LogP contribution in [0.15, 0.2) is 57.0 Å². The van der Waals surface area contributed by atoms with E-state index in [9.17, 15) is 9.59 Å². The molecular weight excluding hydrogens is 438 g/mol. The number of rotatable bonds is 6. The first-order valence-corrected chi connectivity index (χ1v) is 11.7. The number of nitrogens with zero attached hydrogens (tertiary/aromatic N) is 4. The SMILES string of the molecule is Cc1cc(NC(=O)CN2CCN(C(=O)c3cccnc3Sc3ccc(C)c(C)c3)CC2)no1. The number of hydrogen-bond donors (Lipinski definition) is 1. The minimum Gasteiger partial charge on any atom is -0.360 e. The molecule has 0 radical (unpaired) electrons. The molecule has 3 heterocycles. The number of aromatic nitrogens is 2. The normalized spacial score (nSPS) is 14.3. The molecule has 3 aromatic rings. The fourth-order valence-corrected chi connectivity index (χ4v) is 4.59. The van der Waals surface area contributed by atoms with E-state index >= 15 is 0 Å². The fraction of sp³-hybridized carbons (Fsp3) is 0.333. The second-order valence-electron chi connectivity index (χ2n) is 8.14. The molecule has 1 N–H and O–H groups in total. The van der Waals surface area contributed by atoms with Gasteiger partial charge in [-0.2, -0.15) is 0 Å². The number of carbonyl (C=O) groups is 2. The monoisotopic (exact) mass is 465 g/mol. The van der Waals surface area contributed by atoms with Crippen LogP contribution in [0.1, 0.15) is 27.2 Å². The van der Waals surface area contributed by atoms with Crippen LogP contribution in [0.5, 0.6) is 0 Å². The lowest BCUT2D eigenvalue weighted by molar-refractivity contribution is -0.117. The summed E-state index contributed by atoms with van der Waals surface area (Å²) in [5, 5.41) is 7.21. The lowest BCUT2D eigenvalue weighted by Crippen LogP contribution is -2.50. The van der Waals surface area contributed by atoms with Crippen LogP contribution in [-0.2, 0) is 4.79 Å². The Morgan fingerprint density at radius 3 is 2.55 bits per heavy atom. The number of amides is 2. The third-order valence-electron chi connectivity index (χ3n) is 5.62. The summed E-state index contributed by atoms with van der Waals surface area (Å²) in [5.41, 5.74) is 3.05. The minimum absolute atomic E-state index is 0.0309. The number of piperazine rings is 1. The molecule has 0 saturated carbocycles. The Morgan fingerprint density at radius 2 is 1.85 bits per heavy atom. The molecular formula is C24H27N5O3S. The van der Waals surface area contributed by atoms with Gasteiger partial charge < -0.3 is 14.7 Å². The molecule has 1 aliphatic heterocycles. The number of pyridine rings is 1. The number of hydrogen-bond acceptors (Lipinski definition) is 7. The molecule has 1 aliphatic rings. The lowest BCUT2D eigenvalue weighted by atomic mass is 10.1. The number of anilines is 1. The number of benzene rings is 1. The van der Waals surface area contributed by atoms with Gasteiger partial charge in [-0.15, -0.1) is 0 Å². The molecule has 0 atom stereocenters. The van der Waals surface area contributed by atoms with Crippen molar-refractivity contribution in [2.45, 2.75) is 30.7 Å². The van der Waals surface area contributed by atoms with Crippen LogP contribution in [0, 0.1) is 20.8 Å². The Labute approximate surface area is 197 Å². The summed E-state index contributed by atoms with van der Waals surface area (Å²) >= 11 is 1.51. The summed E-state index contributed by atoms with van der Waals surface area (Å²) in [6.07, 6.45) is 1.72. The number of nitrogens with one attached hydrogen (secondary N) is 1. The van der Waals surface area contributed by atoms with Crippen molar-refractivity contribution in [3.05, 3.63) is 65.0 Å². The van der Waals surface area contributed by atoms with Crippen molar-refractivity contribution in [3.63, 3.8) is 0 Å². The van der Waals surface area contributed by atoms with Crippen molar-refractivity contribution >= 4 is 29.4 Å². The van der Waals surface area contributed by atoms with Gasteiger partial charge in [0.25, 0.3) is 5.91 Å². The number of aryl methyl sites for hydroxylation is 3. The Balaban J connectivity index is 1.35. The van der Waals surface area contributed by atoms with E-state index in [1.165, 1.54) is 22.9 Å². The Bertz CT molecular complexity index is 1150. The van der Waals surface area contributed by atoms with Gasteiger partial charge in [0.2, 0.25) is 5.91 Å². The molecule has 1 aromatic carbocycles. The van der Waals surface area contributed by atoms with Crippen molar-refractivity contribution in [2.75, 3.05) is 38.0 Å². The van der Waals surface area contributed by atoms with Gasteiger partial charge in [0.1, 0.15) is 10.8 Å². The molecule has 1 saturated heterocycles. The molecule has 0 unspecified atom stereocenters. The highest BCUT2D eigenvalue weighted by Gasteiger charge is 2.25. The van der Waals surface area contributed by atoms with E-state index in [-0.39, 0.29) is 18.4 Å². The zero-order valence-corrected chi connectivity index (χ0v) is 19.8. The molecule has 0 aliphatic carbocycles. The maximum absolute atomic E-state index is 13.3. The first kappa shape index (κ1) is 23.0. The van der Waals surface area contributed by atoms with Crippen LogP contribution in [0.2, 0.25) is 0 Å². The van der Waals surface area contributed by atoms with Crippen molar-refractivity contribution in [1.29, 1.82) is 0 Å². The van der Waals surface area contributed by atoms with Gasteiger partial charge in [0, 0.05) is 43.3 Å². The van der Waals surface area contributed by atoms with Gasteiger partial charge >= 0.3 is 0 Å². The molecule has 8 nitrogen and oxygen atoms in total. The van der Waals surface area contributed by atoms with E-state index in [0.717, 1.165) is 4.90 Å². The molecule has 0 bridgehead atoms. The maximum Gasteiger partial charge on any atom is 0.256 e. The van der Waals surface area contributed by atoms with Crippen molar-refractivity contribution in [3.8, 4) is 0 Å². The summed E-state index contributed by atoms with van der Waals surface area (Å²) in [6.45, 7) is 8.53. The average molecular weight is 466 g/mol. The molecule has 0 spiro atoms. The highest BCUT2D eigenvalue weighted by atomic mass is 32.2. The van der Waals surface area contributed by atoms with E-state index in [2.05, 4.69) is 47.5 Å². The molecule has 2 amide bonds. The van der Waals surface area contributed by atoms with E-state index in [1.54, 1.807) is 25.3 Å². The summed E-state index contributed by atoms with van der Waals surface area (Å²) in [4.78, 5) is 34.9. The Morgan fingerprint density at radius 1 is 1.06 bits per heavy atom. The average Bonchev–Trinajstić information content (AvgIpc) is 3.21. The van der Waals surface area contributed by atoms with Gasteiger partial charge in [0.05, 0.1) is 12.1 Å². The van der Waals surface area contributed by atoms with Crippen molar-refractivity contribution in [2.24, 2.45) is 0 Å². The van der Waals surface area contributed by atoms with Gasteiger partial charge in [-0.1, -0.05) is 23.0 Å². The van der Waals surface area contributed by atoms with Crippen LogP contribution in [0.3, 0.4) is 0 Å². The first-order valence-electron chi connectivity index (χ1n) is 10.8. The molecule has 33 heavy (non-hydrogen) atoms. The van der Waals surface area contributed by atoms with E-state index in [0.29, 0.717) is 48.3 Å². The quantitative estimate of drug-likeness (QED) is 0.595. The molecule has 4 rings (SSSR count). The summed E-state index contributed by atoms with van der Waals surface area (Å²) < 4.78 is 4.97. The molecule has 9 heteroatoms. The van der Waals surface area contributed by atoms with Crippen LogP contribution in [0.4, 0.5) is 5.82 Å². The second kappa shape index (κ2) is 10.2. The zero-order chi connectivity index (χ0) is 23.4. The van der Waals surface area contributed by atoms with Crippen molar-refractivity contribution < 1.29 is 14.1 Å². The third kappa shape index (κ3) is 5.80. The van der Waals surface area contributed by atoms with E-state index in [1.807, 2.05) is 15.9 Å². The third-order valence-corrected chi connectivity index (χ3v) is 6.62. The maximum atomic E-state index is 13.3. The Kier molecular flexibility index (Phi) is 7.10. The fourth-order valence-electron chi connectivity index (χ4n) is 3.61. The smallest absolute Gasteiger partial charge is 0.256 e. The summed E-state index contributed by atoms with van der Waals surface area (Å²) in [5.74, 6) is 0.874. The van der Waals surface area contributed by atoms with Gasteiger partial charge in [-0.3, -0.25) is 14.5 Å². The Hall–Kier alpha value is -3.17. The van der Waals surface area contributed by atoms with Crippen LogP contribution >= 0.6 is 11.8 Å². The van der Waals surface area contributed by atoms with Crippen molar-refractivity contribution in [1.82, 2.24) is 19.9 Å². The highest BCUT2D eigenvalue weighted by molar-refractivity contribution is 7.99. The second-order valence-corrected chi connectivity index (χ2v) is 9.21.